The second-order valence-corrected chi connectivity index (χ2v) is 5.83. The summed E-state index contributed by atoms with van der Waals surface area (Å²) in [5.74, 6) is 0.995. The van der Waals surface area contributed by atoms with Gasteiger partial charge >= 0.3 is 0 Å². The molecule has 0 aliphatic rings. The average Bonchev–Trinajstić information content (AvgIpc) is 2.49. The maximum atomic E-state index is 12.1. The zero-order chi connectivity index (χ0) is 15.7. The summed E-state index contributed by atoms with van der Waals surface area (Å²) < 4.78 is 0. The first-order valence-corrected chi connectivity index (χ1v) is 7.73. The molecule has 0 aliphatic heterocycles. The van der Waals surface area contributed by atoms with Crippen LogP contribution in [0.4, 0.5) is 0 Å². The zero-order valence-corrected chi connectivity index (χ0v) is 13.1. The van der Waals surface area contributed by atoms with Crippen LogP contribution in [0.5, 0.6) is 0 Å². The summed E-state index contributed by atoms with van der Waals surface area (Å²) in [5.41, 5.74) is 6.54. The molecule has 1 rings (SSSR count). The minimum Gasteiger partial charge on any atom is -0.394 e. The van der Waals surface area contributed by atoms with Gasteiger partial charge in [-0.05, 0) is 36.8 Å². The van der Waals surface area contributed by atoms with Crippen molar-refractivity contribution in [1.82, 2.24) is 5.32 Å². The Hall–Kier alpha value is -1.39. The SMILES string of the molecule is CC(C)C(CCN)CCC(=O)N[C@H](CO)c1ccccc1. The van der Waals surface area contributed by atoms with E-state index in [0.717, 1.165) is 18.4 Å². The molecule has 0 spiro atoms. The lowest BCUT2D eigenvalue weighted by atomic mass is 9.88. The van der Waals surface area contributed by atoms with Gasteiger partial charge in [-0.3, -0.25) is 4.79 Å². The molecular formula is C17H28N2O2. The lowest BCUT2D eigenvalue weighted by Crippen LogP contribution is -2.31. The summed E-state index contributed by atoms with van der Waals surface area (Å²) in [5, 5.41) is 12.3. The molecular weight excluding hydrogens is 264 g/mol. The molecule has 1 aromatic carbocycles. The molecule has 0 fully saturated rings. The second kappa shape index (κ2) is 9.53. The van der Waals surface area contributed by atoms with Crippen LogP contribution in [0.15, 0.2) is 30.3 Å². The molecule has 4 nitrogen and oxygen atoms in total. The zero-order valence-electron chi connectivity index (χ0n) is 13.1. The topological polar surface area (TPSA) is 75.4 Å². The Balaban J connectivity index is 2.48. The Morgan fingerprint density at radius 2 is 1.90 bits per heavy atom. The van der Waals surface area contributed by atoms with E-state index >= 15 is 0 Å². The molecule has 2 atom stereocenters. The number of amides is 1. The van der Waals surface area contributed by atoms with Gasteiger partial charge in [0.1, 0.15) is 0 Å². The van der Waals surface area contributed by atoms with Crippen molar-refractivity contribution in [3.05, 3.63) is 35.9 Å². The Labute approximate surface area is 127 Å². The molecule has 0 saturated carbocycles. The number of aliphatic hydroxyl groups is 1. The third-order valence-corrected chi connectivity index (χ3v) is 3.94. The van der Waals surface area contributed by atoms with Crippen molar-refractivity contribution in [3.63, 3.8) is 0 Å². The van der Waals surface area contributed by atoms with Gasteiger partial charge in [-0.1, -0.05) is 44.2 Å². The van der Waals surface area contributed by atoms with Crippen molar-refractivity contribution in [3.8, 4) is 0 Å². The first kappa shape index (κ1) is 17.7. The number of hydrogen-bond acceptors (Lipinski definition) is 3. The van der Waals surface area contributed by atoms with E-state index in [1.165, 1.54) is 0 Å². The highest BCUT2D eigenvalue weighted by Crippen LogP contribution is 2.20. The third kappa shape index (κ3) is 6.27. The monoisotopic (exact) mass is 292 g/mol. The van der Waals surface area contributed by atoms with Crippen molar-refractivity contribution < 1.29 is 9.90 Å². The first-order chi connectivity index (χ1) is 10.1. The molecule has 0 heterocycles. The Bertz CT molecular complexity index is 407. The van der Waals surface area contributed by atoms with Crippen molar-refractivity contribution in [2.45, 2.75) is 39.2 Å². The second-order valence-electron chi connectivity index (χ2n) is 5.83. The van der Waals surface area contributed by atoms with Gasteiger partial charge in [-0.2, -0.15) is 0 Å². The van der Waals surface area contributed by atoms with Crippen molar-refractivity contribution in [1.29, 1.82) is 0 Å². The Morgan fingerprint density at radius 3 is 2.43 bits per heavy atom. The maximum Gasteiger partial charge on any atom is 0.220 e. The summed E-state index contributed by atoms with van der Waals surface area (Å²) in [6, 6.07) is 9.21. The molecule has 0 aliphatic carbocycles. The summed E-state index contributed by atoms with van der Waals surface area (Å²) >= 11 is 0. The van der Waals surface area contributed by atoms with Gasteiger partial charge in [-0.25, -0.2) is 0 Å². The van der Waals surface area contributed by atoms with Crippen LogP contribution in [-0.4, -0.2) is 24.2 Å². The highest BCUT2D eigenvalue weighted by molar-refractivity contribution is 5.76. The quantitative estimate of drug-likeness (QED) is 0.653. The van der Waals surface area contributed by atoms with Gasteiger partial charge in [0.15, 0.2) is 0 Å². The number of aliphatic hydroxyl groups excluding tert-OH is 1. The smallest absolute Gasteiger partial charge is 0.220 e. The molecule has 118 valence electrons. The van der Waals surface area contributed by atoms with E-state index in [1.54, 1.807) is 0 Å². The van der Waals surface area contributed by atoms with Gasteiger partial charge in [0.05, 0.1) is 12.6 Å². The molecule has 0 saturated heterocycles. The van der Waals surface area contributed by atoms with Crippen molar-refractivity contribution in [2.75, 3.05) is 13.2 Å². The van der Waals surface area contributed by atoms with Gasteiger partial charge in [-0.15, -0.1) is 0 Å². The van der Waals surface area contributed by atoms with Crippen LogP contribution in [-0.2, 0) is 4.79 Å². The van der Waals surface area contributed by atoms with E-state index < -0.39 is 0 Å². The number of carbonyl (C=O) groups is 1. The minimum absolute atomic E-state index is 0.0134. The molecule has 0 aromatic heterocycles. The fourth-order valence-corrected chi connectivity index (χ4v) is 2.53. The fourth-order valence-electron chi connectivity index (χ4n) is 2.53. The molecule has 0 bridgehead atoms. The van der Waals surface area contributed by atoms with Crippen LogP contribution in [0, 0.1) is 11.8 Å². The summed E-state index contributed by atoms with van der Waals surface area (Å²) in [4.78, 5) is 12.1. The van der Waals surface area contributed by atoms with Gasteiger partial charge in [0.25, 0.3) is 0 Å². The molecule has 1 aromatic rings. The van der Waals surface area contributed by atoms with Crippen molar-refractivity contribution in [2.24, 2.45) is 17.6 Å². The molecule has 4 heteroatoms. The van der Waals surface area contributed by atoms with Crippen LogP contribution < -0.4 is 11.1 Å². The number of hydrogen-bond donors (Lipinski definition) is 3. The van der Waals surface area contributed by atoms with Crippen LogP contribution in [0.3, 0.4) is 0 Å². The summed E-state index contributed by atoms with van der Waals surface area (Å²) in [6.07, 6.45) is 2.27. The summed E-state index contributed by atoms with van der Waals surface area (Å²) in [7, 11) is 0. The number of carbonyl (C=O) groups excluding carboxylic acids is 1. The van der Waals surface area contributed by atoms with Gasteiger partial charge < -0.3 is 16.2 Å². The van der Waals surface area contributed by atoms with E-state index in [2.05, 4.69) is 19.2 Å². The van der Waals surface area contributed by atoms with Crippen LogP contribution in [0.25, 0.3) is 0 Å². The lowest BCUT2D eigenvalue weighted by molar-refractivity contribution is -0.122. The first-order valence-electron chi connectivity index (χ1n) is 7.73. The lowest BCUT2D eigenvalue weighted by Gasteiger charge is -2.21. The van der Waals surface area contributed by atoms with Crippen molar-refractivity contribution >= 4 is 5.91 Å². The van der Waals surface area contributed by atoms with E-state index in [9.17, 15) is 9.90 Å². The third-order valence-electron chi connectivity index (χ3n) is 3.94. The number of rotatable bonds is 9. The average molecular weight is 292 g/mol. The van der Waals surface area contributed by atoms with Crippen LogP contribution >= 0.6 is 0 Å². The number of nitrogens with two attached hydrogens (primary N) is 1. The Kier molecular flexibility index (Phi) is 8.01. The fraction of sp³-hybridized carbons (Fsp3) is 0.588. The Morgan fingerprint density at radius 1 is 1.24 bits per heavy atom. The summed E-state index contributed by atoms with van der Waals surface area (Å²) in [6.45, 7) is 4.90. The van der Waals surface area contributed by atoms with E-state index in [4.69, 9.17) is 5.73 Å². The number of nitrogens with one attached hydrogen (secondary N) is 1. The predicted molar refractivity (Wildman–Crippen MR) is 85.6 cm³/mol. The van der Waals surface area contributed by atoms with Gasteiger partial charge in [0.2, 0.25) is 5.91 Å². The predicted octanol–water partition coefficient (Wildman–Crippen LogP) is 2.24. The molecule has 1 amide bonds. The molecule has 0 radical (unpaired) electrons. The standard InChI is InChI=1S/C17H28N2O2/c1-13(2)14(10-11-18)8-9-17(21)19-16(12-20)15-6-4-3-5-7-15/h3-7,13-14,16,20H,8-12,18H2,1-2H3,(H,19,21)/t14?,16-/m1/s1. The van der Waals surface area contributed by atoms with Crippen LogP contribution in [0.2, 0.25) is 0 Å². The normalized spacial score (nSPS) is 14.0. The van der Waals surface area contributed by atoms with E-state index in [0.29, 0.717) is 24.8 Å². The highest BCUT2D eigenvalue weighted by Gasteiger charge is 2.17. The van der Waals surface area contributed by atoms with E-state index in [1.807, 2.05) is 30.3 Å². The highest BCUT2D eigenvalue weighted by atomic mass is 16.3. The minimum atomic E-state index is -0.328. The molecule has 21 heavy (non-hydrogen) atoms. The number of benzene rings is 1. The largest absolute Gasteiger partial charge is 0.394 e. The van der Waals surface area contributed by atoms with E-state index in [-0.39, 0.29) is 18.6 Å². The maximum absolute atomic E-state index is 12.1. The van der Waals surface area contributed by atoms with Crippen LogP contribution in [0.1, 0.15) is 44.7 Å². The molecule has 4 N–H and O–H groups in total. The van der Waals surface area contributed by atoms with Gasteiger partial charge in [0, 0.05) is 6.42 Å². The molecule has 1 unspecified atom stereocenters.